The van der Waals surface area contributed by atoms with Gasteiger partial charge in [-0.05, 0) is 48.6 Å². The molecular weight excluding hydrogens is 449 g/mol. The Morgan fingerprint density at radius 1 is 1.23 bits per heavy atom. The van der Waals surface area contributed by atoms with E-state index >= 15 is 0 Å². The number of piperidine rings is 1. The van der Waals surface area contributed by atoms with Crippen molar-refractivity contribution in [2.75, 3.05) is 18.4 Å². The third-order valence-corrected chi connectivity index (χ3v) is 6.84. The average Bonchev–Trinajstić information content (AvgIpc) is 3.21. The molecule has 1 aromatic heterocycles. The first kappa shape index (κ1) is 22.8. The van der Waals surface area contributed by atoms with Gasteiger partial charge in [-0.2, -0.15) is 0 Å². The quantitative estimate of drug-likeness (QED) is 0.370. The van der Waals surface area contributed by atoms with E-state index in [1.807, 2.05) is 37.0 Å². The van der Waals surface area contributed by atoms with Crippen molar-refractivity contribution in [1.29, 1.82) is 0 Å². The normalized spacial score (nSPS) is 17.1. The van der Waals surface area contributed by atoms with Crippen LogP contribution in [0.5, 0.6) is 0 Å². The van der Waals surface area contributed by atoms with Gasteiger partial charge in [0.05, 0.1) is 11.6 Å². The van der Waals surface area contributed by atoms with Gasteiger partial charge in [-0.1, -0.05) is 23.7 Å². The lowest BCUT2D eigenvalue weighted by Crippen LogP contribution is -2.54. The number of carbonyl (C=O) groups excluding carboxylic acids is 3. The van der Waals surface area contributed by atoms with Crippen molar-refractivity contribution in [1.82, 2.24) is 20.1 Å². The van der Waals surface area contributed by atoms with Crippen molar-refractivity contribution < 1.29 is 18.8 Å². The molecule has 1 fully saturated rings. The summed E-state index contributed by atoms with van der Waals surface area (Å²) >= 11 is 0. The largest absolute Gasteiger partial charge is 0.417 e. The number of hydrogen-bond acceptors (Lipinski definition) is 5. The number of para-hydroxylation sites is 1. The number of aromatic amines is 1. The Morgan fingerprint density at radius 3 is 2.77 bits per heavy atom. The Morgan fingerprint density at radius 2 is 2.00 bits per heavy atom. The van der Waals surface area contributed by atoms with E-state index in [1.165, 1.54) is 0 Å². The highest BCUT2D eigenvalue weighted by Gasteiger charge is 2.33. The molecule has 0 radical (unpaired) electrons. The summed E-state index contributed by atoms with van der Waals surface area (Å²) in [6.07, 6.45) is 2.33. The molecule has 10 nitrogen and oxygen atoms in total. The third-order valence-electron chi connectivity index (χ3n) is 6.84. The lowest BCUT2D eigenvalue weighted by atomic mass is 9.87. The molecule has 0 aliphatic carbocycles. The van der Waals surface area contributed by atoms with Crippen LogP contribution >= 0.6 is 0 Å². The predicted molar refractivity (Wildman–Crippen MR) is 133 cm³/mol. The standard InChI is InChI=1S/C24H26BN5O5/c25-18-11-20-21(35-24(34)28-20)10-15(18)9-16(13-31)26-22(32)29-7-5-17(6-8-29)30-12-14-3-1-2-4-19(14)27-23(30)33/h1-4,10-11,13,16-17H,5-9,12,25H2,(H,26,32)(H,27,33)(H,28,34). The molecule has 3 heterocycles. The molecule has 1 unspecified atom stereocenters. The molecule has 0 spiro atoms. The Labute approximate surface area is 202 Å². The third kappa shape index (κ3) is 4.66. The van der Waals surface area contributed by atoms with Crippen molar-refractivity contribution in [3.63, 3.8) is 0 Å². The number of oxazole rings is 1. The number of hydrogen-bond donors (Lipinski definition) is 3. The van der Waals surface area contributed by atoms with Crippen LogP contribution < -0.4 is 21.9 Å². The molecule has 11 heteroatoms. The minimum absolute atomic E-state index is 0.0413. The Hall–Kier alpha value is -4.02. The molecule has 4 amide bonds. The number of nitrogens with one attached hydrogen (secondary N) is 3. The van der Waals surface area contributed by atoms with E-state index < -0.39 is 11.8 Å². The summed E-state index contributed by atoms with van der Waals surface area (Å²) < 4.78 is 5.11. The number of H-pyrrole nitrogens is 1. The van der Waals surface area contributed by atoms with Gasteiger partial charge in [0, 0.05) is 31.4 Å². The fourth-order valence-corrected chi connectivity index (χ4v) is 4.89. The number of amides is 4. The van der Waals surface area contributed by atoms with Gasteiger partial charge in [0.1, 0.15) is 14.1 Å². The first-order valence-electron chi connectivity index (χ1n) is 11.7. The zero-order chi connectivity index (χ0) is 24.5. The number of aromatic nitrogens is 1. The molecule has 0 bridgehead atoms. The molecule has 35 heavy (non-hydrogen) atoms. The van der Waals surface area contributed by atoms with Crippen LogP contribution in [-0.2, 0) is 17.8 Å². The molecule has 0 saturated carbocycles. The smallest absolute Gasteiger partial charge is 0.408 e. The van der Waals surface area contributed by atoms with Crippen molar-refractivity contribution in [2.45, 2.75) is 37.9 Å². The van der Waals surface area contributed by atoms with E-state index in [2.05, 4.69) is 15.6 Å². The maximum absolute atomic E-state index is 12.9. The van der Waals surface area contributed by atoms with Gasteiger partial charge in [-0.25, -0.2) is 14.4 Å². The molecule has 2 aliphatic heterocycles. The SMILES string of the molecule is Bc1cc2[nH]c(=O)oc2cc1CC(C=O)NC(=O)N1CCC(N2Cc3ccccc3NC2=O)CC1. The summed E-state index contributed by atoms with van der Waals surface area (Å²) in [5.74, 6) is -0.536. The van der Waals surface area contributed by atoms with E-state index in [9.17, 15) is 19.2 Å². The molecule has 3 aromatic rings. The molecule has 180 valence electrons. The van der Waals surface area contributed by atoms with Gasteiger partial charge in [-0.3, -0.25) is 4.98 Å². The fourth-order valence-electron chi connectivity index (χ4n) is 4.89. The zero-order valence-corrected chi connectivity index (χ0v) is 19.4. The van der Waals surface area contributed by atoms with Gasteiger partial charge in [0.2, 0.25) is 0 Å². The Bertz CT molecular complexity index is 1340. The second-order valence-electron chi connectivity index (χ2n) is 9.12. The maximum atomic E-state index is 12.9. The number of benzene rings is 2. The summed E-state index contributed by atoms with van der Waals surface area (Å²) in [4.78, 5) is 54.8. The van der Waals surface area contributed by atoms with E-state index in [0.29, 0.717) is 43.6 Å². The van der Waals surface area contributed by atoms with Crippen molar-refractivity contribution in [2.24, 2.45) is 0 Å². The highest BCUT2D eigenvalue weighted by molar-refractivity contribution is 6.34. The number of nitrogens with zero attached hydrogens (tertiary/aromatic N) is 2. The van der Waals surface area contributed by atoms with Crippen LogP contribution in [0.1, 0.15) is 24.0 Å². The van der Waals surface area contributed by atoms with Gasteiger partial charge in [-0.15, -0.1) is 0 Å². The molecule has 2 aliphatic rings. The van der Waals surface area contributed by atoms with Gasteiger partial charge >= 0.3 is 17.8 Å². The highest BCUT2D eigenvalue weighted by atomic mass is 16.4. The first-order chi connectivity index (χ1) is 16.9. The summed E-state index contributed by atoms with van der Waals surface area (Å²) in [7, 11) is 1.88. The number of urea groups is 2. The van der Waals surface area contributed by atoms with Gasteiger partial charge in [0.15, 0.2) is 5.58 Å². The van der Waals surface area contributed by atoms with E-state index in [-0.39, 0.29) is 24.5 Å². The van der Waals surface area contributed by atoms with Crippen molar-refractivity contribution >= 4 is 48.4 Å². The van der Waals surface area contributed by atoms with E-state index in [0.717, 1.165) is 28.6 Å². The van der Waals surface area contributed by atoms with Crippen LogP contribution in [0.3, 0.4) is 0 Å². The Kier molecular flexibility index (Phi) is 6.06. The summed E-state index contributed by atoms with van der Waals surface area (Å²) in [6.45, 7) is 1.54. The first-order valence-corrected chi connectivity index (χ1v) is 11.7. The number of likely N-dealkylation sites (tertiary alicyclic amines) is 1. The molecule has 1 atom stereocenters. The number of carbonyl (C=O) groups is 3. The van der Waals surface area contributed by atoms with Crippen LogP contribution in [0.15, 0.2) is 45.6 Å². The Balaban J connectivity index is 1.18. The van der Waals surface area contributed by atoms with Gasteiger partial charge < -0.3 is 29.6 Å². The molecule has 3 N–H and O–H groups in total. The van der Waals surface area contributed by atoms with Gasteiger partial charge in [0.25, 0.3) is 0 Å². The van der Waals surface area contributed by atoms with Crippen LogP contribution in [0.25, 0.3) is 11.1 Å². The maximum Gasteiger partial charge on any atom is 0.417 e. The molecule has 2 aromatic carbocycles. The number of anilines is 1. The summed E-state index contributed by atoms with van der Waals surface area (Å²) in [5.41, 5.74) is 4.63. The van der Waals surface area contributed by atoms with E-state index in [4.69, 9.17) is 4.42 Å². The van der Waals surface area contributed by atoms with E-state index in [1.54, 1.807) is 17.0 Å². The predicted octanol–water partition coefficient (Wildman–Crippen LogP) is 0.711. The molecule has 1 saturated heterocycles. The second-order valence-corrected chi connectivity index (χ2v) is 9.12. The molecule has 5 rings (SSSR count). The lowest BCUT2D eigenvalue weighted by molar-refractivity contribution is -0.109. The minimum atomic E-state index is -0.716. The molecular formula is C24H26BN5O5. The number of rotatable bonds is 5. The van der Waals surface area contributed by atoms with Crippen LogP contribution in [0.4, 0.5) is 15.3 Å². The minimum Gasteiger partial charge on any atom is -0.408 e. The monoisotopic (exact) mass is 475 g/mol. The highest BCUT2D eigenvalue weighted by Crippen LogP contribution is 2.27. The van der Waals surface area contributed by atoms with Crippen LogP contribution in [0, 0.1) is 0 Å². The topological polar surface area (TPSA) is 128 Å². The fraction of sp³-hybridized carbons (Fsp3) is 0.333. The van der Waals surface area contributed by atoms with Crippen molar-refractivity contribution in [3.05, 3.63) is 58.1 Å². The van der Waals surface area contributed by atoms with Crippen LogP contribution in [0.2, 0.25) is 0 Å². The number of aldehydes is 1. The lowest BCUT2D eigenvalue weighted by Gasteiger charge is -2.40. The summed E-state index contributed by atoms with van der Waals surface area (Å²) in [5, 5.41) is 5.75. The summed E-state index contributed by atoms with van der Waals surface area (Å²) in [6, 6.07) is 10.2. The average molecular weight is 475 g/mol. The van der Waals surface area contributed by atoms with Crippen molar-refractivity contribution in [3.8, 4) is 0 Å². The van der Waals surface area contributed by atoms with Crippen LogP contribution in [-0.4, -0.2) is 66.2 Å². The number of fused-ring (bicyclic) bond motifs is 2. The zero-order valence-electron chi connectivity index (χ0n) is 19.4. The second kappa shape index (κ2) is 9.32.